The number of hydrogen-bond donors (Lipinski definition) is 2. The van der Waals surface area contributed by atoms with E-state index in [1.165, 1.54) is 5.56 Å². The molecule has 0 spiro atoms. The molecular weight excluding hydrogens is 579 g/mol. The summed E-state index contributed by atoms with van der Waals surface area (Å²) >= 11 is 12.5. The van der Waals surface area contributed by atoms with Gasteiger partial charge in [-0.15, -0.1) is 0 Å². The largest absolute Gasteiger partial charge is 0.478 e. The Balaban J connectivity index is 1.32. The fourth-order valence-electron chi connectivity index (χ4n) is 6.34. The van der Waals surface area contributed by atoms with Crippen LogP contribution in [-0.4, -0.2) is 45.2 Å². The van der Waals surface area contributed by atoms with E-state index in [4.69, 9.17) is 33.9 Å². The third-order valence-corrected chi connectivity index (χ3v) is 8.90. The molecule has 0 aliphatic carbocycles. The van der Waals surface area contributed by atoms with Crippen molar-refractivity contribution in [2.75, 3.05) is 19.6 Å². The average Bonchev–Trinajstić information content (AvgIpc) is 3.37. The Morgan fingerprint density at radius 1 is 0.884 bits per heavy atom. The van der Waals surface area contributed by atoms with E-state index in [1.807, 2.05) is 36.4 Å². The molecule has 0 bridgehead atoms. The monoisotopic (exact) mass is 612 g/mol. The van der Waals surface area contributed by atoms with Crippen molar-refractivity contribution >= 4 is 40.2 Å². The normalized spacial score (nSPS) is 14.5. The van der Waals surface area contributed by atoms with Gasteiger partial charge in [0.1, 0.15) is 5.82 Å². The van der Waals surface area contributed by atoms with Crippen LogP contribution in [0.1, 0.15) is 63.2 Å². The molecular formula is C35H34Cl2N4O2. The predicted octanol–water partition coefficient (Wildman–Crippen LogP) is 7.56. The first kappa shape index (κ1) is 29.4. The van der Waals surface area contributed by atoms with Gasteiger partial charge < -0.3 is 15.4 Å². The lowest BCUT2D eigenvalue weighted by Gasteiger charge is -2.34. The van der Waals surface area contributed by atoms with Crippen LogP contribution in [0.4, 0.5) is 0 Å². The highest BCUT2D eigenvalue weighted by Gasteiger charge is 2.26. The highest BCUT2D eigenvalue weighted by atomic mass is 35.5. The molecule has 220 valence electrons. The van der Waals surface area contributed by atoms with Crippen LogP contribution in [-0.2, 0) is 13.0 Å². The molecule has 1 aliphatic heterocycles. The van der Waals surface area contributed by atoms with Crippen molar-refractivity contribution < 1.29 is 9.90 Å². The summed E-state index contributed by atoms with van der Waals surface area (Å²) < 4.78 is 2.43. The van der Waals surface area contributed by atoms with E-state index in [9.17, 15) is 9.90 Å². The van der Waals surface area contributed by atoms with Gasteiger partial charge in [-0.1, -0.05) is 65.7 Å². The minimum Gasteiger partial charge on any atom is -0.478 e. The summed E-state index contributed by atoms with van der Waals surface area (Å²) in [5.41, 5.74) is 13.0. The highest BCUT2D eigenvalue weighted by molar-refractivity contribution is 6.30. The van der Waals surface area contributed by atoms with E-state index in [1.54, 1.807) is 12.1 Å². The van der Waals surface area contributed by atoms with Crippen LogP contribution in [0.5, 0.6) is 0 Å². The second-order valence-corrected chi connectivity index (χ2v) is 12.1. The maximum Gasteiger partial charge on any atom is 0.335 e. The molecule has 2 heterocycles. The molecule has 43 heavy (non-hydrogen) atoms. The number of halogens is 2. The zero-order chi connectivity index (χ0) is 29.9. The standard InChI is InChI=1S/C35H34Cl2N4O2/c36-28-9-4-24(5-10-28)34(25-6-11-29(37)12-7-25)26-8-13-31-32(21-26)41(33(39-31)14-17-38)30-15-18-40(19-16-30)22-23-2-1-3-27(20-23)35(42)43/h1-13,20-21,30,34H,14-19,22,38H2,(H,42,43). The number of aromatic carboxylic acids is 1. The minimum atomic E-state index is -0.895. The van der Waals surface area contributed by atoms with Gasteiger partial charge >= 0.3 is 5.97 Å². The van der Waals surface area contributed by atoms with E-state index in [0.29, 0.717) is 34.6 Å². The molecule has 6 nitrogen and oxygen atoms in total. The van der Waals surface area contributed by atoms with Crippen LogP contribution in [0.15, 0.2) is 91.0 Å². The number of benzene rings is 4. The van der Waals surface area contributed by atoms with Crippen molar-refractivity contribution in [1.29, 1.82) is 0 Å². The average molecular weight is 614 g/mol. The summed E-state index contributed by atoms with van der Waals surface area (Å²) in [5.74, 6) is 0.133. The molecule has 3 N–H and O–H groups in total. The fraction of sp³-hybridized carbons (Fsp3) is 0.257. The van der Waals surface area contributed by atoms with Crippen LogP contribution in [0, 0.1) is 0 Å². The van der Waals surface area contributed by atoms with Crippen LogP contribution >= 0.6 is 23.2 Å². The van der Waals surface area contributed by atoms with E-state index in [-0.39, 0.29) is 5.92 Å². The summed E-state index contributed by atoms with van der Waals surface area (Å²) in [4.78, 5) is 18.9. The Bertz CT molecular complexity index is 1680. The number of aromatic nitrogens is 2. The summed E-state index contributed by atoms with van der Waals surface area (Å²) in [6, 6.07) is 30.2. The maximum absolute atomic E-state index is 11.4. The van der Waals surface area contributed by atoms with Crippen molar-refractivity contribution in [3.05, 3.63) is 135 Å². The van der Waals surface area contributed by atoms with E-state index in [0.717, 1.165) is 66.0 Å². The number of imidazole rings is 1. The van der Waals surface area contributed by atoms with Gasteiger partial charge in [-0.05, 0) is 90.2 Å². The predicted molar refractivity (Wildman–Crippen MR) is 173 cm³/mol. The van der Waals surface area contributed by atoms with Crippen molar-refractivity contribution in [3.8, 4) is 0 Å². The molecule has 0 saturated carbocycles. The van der Waals surface area contributed by atoms with E-state index in [2.05, 4.69) is 51.9 Å². The molecule has 1 aromatic heterocycles. The van der Waals surface area contributed by atoms with Gasteiger partial charge in [-0.3, -0.25) is 4.90 Å². The zero-order valence-corrected chi connectivity index (χ0v) is 25.3. The number of carboxylic acids is 1. The van der Waals surface area contributed by atoms with Gasteiger partial charge in [0.15, 0.2) is 0 Å². The molecule has 4 aromatic carbocycles. The second kappa shape index (κ2) is 12.9. The lowest BCUT2D eigenvalue weighted by molar-refractivity contribution is 0.0696. The lowest BCUT2D eigenvalue weighted by Crippen LogP contribution is -2.34. The number of nitrogens with zero attached hydrogens (tertiary/aromatic N) is 3. The van der Waals surface area contributed by atoms with E-state index < -0.39 is 5.97 Å². The molecule has 0 amide bonds. The number of carboxylic acid groups (broad SMARTS) is 1. The lowest BCUT2D eigenvalue weighted by atomic mass is 9.85. The van der Waals surface area contributed by atoms with Crippen molar-refractivity contribution in [2.24, 2.45) is 5.73 Å². The Morgan fingerprint density at radius 2 is 1.51 bits per heavy atom. The molecule has 1 saturated heterocycles. The van der Waals surface area contributed by atoms with Gasteiger partial charge in [-0.25, -0.2) is 9.78 Å². The first-order chi connectivity index (χ1) is 20.9. The Morgan fingerprint density at radius 3 is 2.12 bits per heavy atom. The molecule has 0 unspecified atom stereocenters. The molecule has 8 heteroatoms. The highest BCUT2D eigenvalue weighted by Crippen LogP contribution is 2.37. The van der Waals surface area contributed by atoms with Crippen LogP contribution < -0.4 is 5.73 Å². The molecule has 1 aliphatic rings. The third kappa shape index (κ3) is 6.48. The summed E-state index contributed by atoms with van der Waals surface area (Å²) in [6.45, 7) is 3.11. The quantitative estimate of drug-likeness (QED) is 0.168. The van der Waals surface area contributed by atoms with E-state index >= 15 is 0 Å². The maximum atomic E-state index is 11.4. The number of likely N-dealkylation sites (tertiary alicyclic amines) is 1. The molecule has 0 radical (unpaired) electrons. The SMILES string of the molecule is NCCc1nc2ccc(C(c3ccc(Cl)cc3)c3ccc(Cl)cc3)cc2n1C1CCN(Cc2cccc(C(=O)O)c2)CC1. The first-order valence-corrected chi connectivity index (χ1v) is 15.4. The van der Waals surface area contributed by atoms with Crippen molar-refractivity contribution in [1.82, 2.24) is 14.5 Å². The topological polar surface area (TPSA) is 84.4 Å². The minimum absolute atomic E-state index is 0.00338. The number of nitrogens with two attached hydrogens (primary N) is 1. The third-order valence-electron chi connectivity index (χ3n) is 8.40. The number of rotatable bonds is 9. The van der Waals surface area contributed by atoms with Gasteiger partial charge in [0.2, 0.25) is 0 Å². The van der Waals surface area contributed by atoms with Gasteiger partial charge in [0.05, 0.1) is 16.6 Å². The molecule has 0 atom stereocenters. The van der Waals surface area contributed by atoms with Crippen LogP contribution in [0.3, 0.4) is 0 Å². The first-order valence-electron chi connectivity index (χ1n) is 14.7. The molecule has 5 aromatic rings. The molecule has 1 fully saturated rings. The van der Waals surface area contributed by atoms with Crippen LogP contribution in [0.25, 0.3) is 11.0 Å². The Labute approximate surface area is 261 Å². The van der Waals surface area contributed by atoms with Gasteiger partial charge in [0.25, 0.3) is 0 Å². The fourth-order valence-corrected chi connectivity index (χ4v) is 6.59. The summed E-state index contributed by atoms with van der Waals surface area (Å²) in [5, 5.41) is 10.8. The Hall–Kier alpha value is -3.68. The number of carbonyl (C=O) groups is 1. The zero-order valence-electron chi connectivity index (χ0n) is 23.8. The smallest absolute Gasteiger partial charge is 0.335 e. The number of hydrogen-bond acceptors (Lipinski definition) is 4. The number of piperidine rings is 1. The van der Waals surface area contributed by atoms with Gasteiger partial charge in [0, 0.05) is 48.1 Å². The summed E-state index contributed by atoms with van der Waals surface area (Å²) in [7, 11) is 0. The van der Waals surface area contributed by atoms with Crippen LogP contribution in [0.2, 0.25) is 10.0 Å². The second-order valence-electron chi connectivity index (χ2n) is 11.2. The van der Waals surface area contributed by atoms with Crippen molar-refractivity contribution in [3.63, 3.8) is 0 Å². The van der Waals surface area contributed by atoms with Gasteiger partial charge in [-0.2, -0.15) is 0 Å². The summed E-state index contributed by atoms with van der Waals surface area (Å²) in [6.07, 6.45) is 2.66. The number of fused-ring (bicyclic) bond motifs is 1. The molecule has 6 rings (SSSR count). The van der Waals surface area contributed by atoms with Crippen molar-refractivity contribution in [2.45, 2.75) is 37.8 Å². The Kier molecular flexibility index (Phi) is 8.82.